The number of sulfonamides is 1. The van der Waals surface area contributed by atoms with Gasteiger partial charge in [0.15, 0.2) is 0 Å². The van der Waals surface area contributed by atoms with Crippen molar-refractivity contribution in [2.24, 2.45) is 0 Å². The summed E-state index contributed by atoms with van der Waals surface area (Å²) < 4.78 is 28.1. The minimum Gasteiger partial charge on any atom is -0.343 e. The summed E-state index contributed by atoms with van der Waals surface area (Å²) in [6, 6.07) is 19.0. The number of nitrogens with zero attached hydrogens (tertiary/aromatic N) is 1. The molecule has 0 fully saturated rings. The SMILES string of the molecule is CCN(c1ccccc1)S(=O)(=O)c1cc(C(=O)NCC(=O)Nc2c(C)cccc2C)ccc1C. The van der Waals surface area contributed by atoms with E-state index in [1.165, 1.54) is 10.4 Å². The molecule has 178 valence electrons. The van der Waals surface area contributed by atoms with Gasteiger partial charge in [0.2, 0.25) is 5.91 Å². The lowest BCUT2D eigenvalue weighted by Gasteiger charge is -2.24. The van der Waals surface area contributed by atoms with Crippen molar-refractivity contribution >= 4 is 33.2 Å². The summed E-state index contributed by atoms with van der Waals surface area (Å²) in [4.78, 5) is 25.2. The van der Waals surface area contributed by atoms with Crippen LogP contribution < -0.4 is 14.9 Å². The van der Waals surface area contributed by atoms with Crippen LogP contribution in [0.1, 0.15) is 34.0 Å². The highest BCUT2D eigenvalue weighted by Crippen LogP contribution is 2.26. The van der Waals surface area contributed by atoms with E-state index in [1.807, 2.05) is 38.1 Å². The van der Waals surface area contributed by atoms with E-state index < -0.39 is 15.9 Å². The van der Waals surface area contributed by atoms with Crippen LogP contribution in [0.25, 0.3) is 0 Å². The van der Waals surface area contributed by atoms with Gasteiger partial charge in [-0.2, -0.15) is 0 Å². The third kappa shape index (κ3) is 5.46. The minimum atomic E-state index is -3.90. The highest BCUT2D eigenvalue weighted by atomic mass is 32.2. The number of aryl methyl sites for hydroxylation is 3. The molecule has 0 aromatic heterocycles. The molecule has 3 aromatic rings. The lowest BCUT2D eigenvalue weighted by atomic mass is 10.1. The fraction of sp³-hybridized carbons (Fsp3) is 0.231. The summed E-state index contributed by atoms with van der Waals surface area (Å²) in [6.45, 7) is 7.22. The maximum Gasteiger partial charge on any atom is 0.264 e. The van der Waals surface area contributed by atoms with Gasteiger partial charge in [0.05, 0.1) is 17.1 Å². The van der Waals surface area contributed by atoms with Crippen LogP contribution in [-0.2, 0) is 14.8 Å². The van der Waals surface area contributed by atoms with Crippen molar-refractivity contribution in [1.29, 1.82) is 0 Å². The Balaban J connectivity index is 1.77. The van der Waals surface area contributed by atoms with Gasteiger partial charge in [-0.05, 0) is 68.7 Å². The second-order valence-corrected chi connectivity index (χ2v) is 9.81. The van der Waals surface area contributed by atoms with E-state index in [-0.39, 0.29) is 29.5 Å². The Morgan fingerprint density at radius 2 is 1.50 bits per heavy atom. The van der Waals surface area contributed by atoms with Crippen LogP contribution in [0, 0.1) is 20.8 Å². The van der Waals surface area contributed by atoms with Crippen molar-refractivity contribution in [3.63, 3.8) is 0 Å². The van der Waals surface area contributed by atoms with Crippen molar-refractivity contribution in [2.75, 3.05) is 22.7 Å². The molecule has 7 nitrogen and oxygen atoms in total. The summed E-state index contributed by atoms with van der Waals surface area (Å²) >= 11 is 0. The first kappa shape index (κ1) is 25.0. The first-order valence-electron chi connectivity index (χ1n) is 11.0. The number of nitrogens with one attached hydrogen (secondary N) is 2. The molecule has 3 aromatic carbocycles. The van der Waals surface area contributed by atoms with Gasteiger partial charge < -0.3 is 10.6 Å². The maximum absolute atomic E-state index is 13.4. The zero-order valence-electron chi connectivity index (χ0n) is 19.8. The van der Waals surface area contributed by atoms with Crippen LogP contribution in [0.3, 0.4) is 0 Å². The molecule has 0 aliphatic heterocycles. The molecule has 34 heavy (non-hydrogen) atoms. The molecule has 2 amide bonds. The van der Waals surface area contributed by atoms with Crippen LogP contribution in [0.15, 0.2) is 71.6 Å². The molecular weight excluding hydrogens is 450 g/mol. The molecular formula is C26H29N3O4S. The largest absolute Gasteiger partial charge is 0.343 e. The summed E-state index contributed by atoms with van der Waals surface area (Å²) in [5.41, 5.74) is 3.79. The van der Waals surface area contributed by atoms with Gasteiger partial charge in [0.1, 0.15) is 0 Å². The van der Waals surface area contributed by atoms with Gasteiger partial charge >= 0.3 is 0 Å². The molecule has 0 aliphatic carbocycles. The summed E-state index contributed by atoms with van der Waals surface area (Å²) in [5, 5.41) is 5.39. The van der Waals surface area contributed by atoms with Crippen molar-refractivity contribution in [3.05, 3.63) is 89.0 Å². The Bertz CT molecular complexity index is 1280. The van der Waals surface area contributed by atoms with E-state index in [1.54, 1.807) is 50.2 Å². The fourth-order valence-corrected chi connectivity index (χ4v) is 5.41. The first-order valence-corrected chi connectivity index (χ1v) is 12.4. The average molecular weight is 480 g/mol. The molecule has 0 saturated heterocycles. The number of hydrogen-bond donors (Lipinski definition) is 2. The van der Waals surface area contributed by atoms with Crippen LogP contribution in [0.2, 0.25) is 0 Å². The molecule has 0 radical (unpaired) electrons. The lowest BCUT2D eigenvalue weighted by Crippen LogP contribution is -2.34. The van der Waals surface area contributed by atoms with E-state index in [0.29, 0.717) is 16.9 Å². The Hall–Kier alpha value is -3.65. The Kier molecular flexibility index (Phi) is 7.73. The Labute approximate surface area is 200 Å². The van der Waals surface area contributed by atoms with E-state index in [9.17, 15) is 18.0 Å². The Morgan fingerprint density at radius 3 is 2.12 bits per heavy atom. The summed E-state index contributed by atoms with van der Waals surface area (Å²) in [7, 11) is -3.90. The maximum atomic E-state index is 13.4. The van der Waals surface area contributed by atoms with Gasteiger partial charge in [-0.15, -0.1) is 0 Å². The van der Waals surface area contributed by atoms with Crippen LogP contribution in [0.5, 0.6) is 0 Å². The first-order chi connectivity index (χ1) is 16.1. The average Bonchev–Trinajstić information content (AvgIpc) is 2.81. The molecule has 0 bridgehead atoms. The molecule has 0 spiro atoms. The monoisotopic (exact) mass is 479 g/mol. The van der Waals surface area contributed by atoms with Crippen molar-refractivity contribution in [1.82, 2.24) is 5.32 Å². The number of carbonyl (C=O) groups is 2. The van der Waals surface area contributed by atoms with Gasteiger partial charge in [0.25, 0.3) is 15.9 Å². The highest BCUT2D eigenvalue weighted by Gasteiger charge is 2.26. The Morgan fingerprint density at radius 1 is 0.853 bits per heavy atom. The number of amides is 2. The quantitative estimate of drug-likeness (QED) is 0.506. The predicted octanol–water partition coefficient (Wildman–Crippen LogP) is 4.20. The van der Waals surface area contributed by atoms with Gasteiger partial charge in [-0.3, -0.25) is 13.9 Å². The smallest absolute Gasteiger partial charge is 0.264 e. The summed E-state index contributed by atoms with van der Waals surface area (Å²) in [6.07, 6.45) is 0. The van der Waals surface area contributed by atoms with E-state index >= 15 is 0 Å². The van der Waals surface area contributed by atoms with Crippen molar-refractivity contribution in [3.8, 4) is 0 Å². The third-order valence-electron chi connectivity index (χ3n) is 5.50. The van der Waals surface area contributed by atoms with Crippen LogP contribution in [0.4, 0.5) is 11.4 Å². The lowest BCUT2D eigenvalue weighted by molar-refractivity contribution is -0.115. The molecule has 0 atom stereocenters. The molecule has 2 N–H and O–H groups in total. The number of carbonyl (C=O) groups excluding carboxylic acids is 2. The molecule has 3 rings (SSSR count). The number of rotatable bonds is 8. The molecule has 8 heteroatoms. The second kappa shape index (κ2) is 10.5. The van der Waals surface area contributed by atoms with Gasteiger partial charge in [0, 0.05) is 17.8 Å². The van der Waals surface area contributed by atoms with E-state index in [4.69, 9.17) is 0 Å². The zero-order chi connectivity index (χ0) is 24.9. The predicted molar refractivity (Wildman–Crippen MR) is 135 cm³/mol. The van der Waals surface area contributed by atoms with Crippen molar-refractivity contribution < 1.29 is 18.0 Å². The van der Waals surface area contributed by atoms with Crippen LogP contribution >= 0.6 is 0 Å². The molecule has 0 heterocycles. The van der Waals surface area contributed by atoms with E-state index in [0.717, 1.165) is 11.1 Å². The molecule has 0 unspecified atom stereocenters. The minimum absolute atomic E-state index is 0.0471. The number of benzene rings is 3. The normalized spacial score (nSPS) is 11.1. The zero-order valence-corrected chi connectivity index (χ0v) is 20.6. The summed E-state index contributed by atoms with van der Waals surface area (Å²) in [5.74, 6) is -0.900. The van der Waals surface area contributed by atoms with Crippen molar-refractivity contribution in [2.45, 2.75) is 32.6 Å². The molecule has 0 saturated carbocycles. The number of hydrogen-bond acceptors (Lipinski definition) is 4. The van der Waals surface area contributed by atoms with Gasteiger partial charge in [-0.25, -0.2) is 8.42 Å². The third-order valence-corrected chi connectivity index (χ3v) is 7.55. The van der Waals surface area contributed by atoms with E-state index in [2.05, 4.69) is 10.6 Å². The molecule has 0 aliphatic rings. The second-order valence-electron chi connectivity index (χ2n) is 7.98. The topological polar surface area (TPSA) is 95.6 Å². The van der Waals surface area contributed by atoms with Crippen LogP contribution in [-0.4, -0.2) is 33.3 Å². The highest BCUT2D eigenvalue weighted by molar-refractivity contribution is 7.92. The number of para-hydroxylation sites is 2. The van der Waals surface area contributed by atoms with Gasteiger partial charge in [-0.1, -0.05) is 42.5 Å². The number of anilines is 2. The standard InChI is InChI=1S/C26H29N3O4S/c1-5-29(22-12-7-6-8-13-22)34(32,33)23-16-21(15-14-18(23)2)26(31)27-17-24(30)28-25-19(3)10-9-11-20(25)4/h6-16H,5,17H2,1-4H3,(H,27,31)(H,28,30). The fourth-order valence-electron chi connectivity index (χ4n) is 3.68.